The minimum atomic E-state index is -0.327. The molecule has 2 aromatic carbocycles. The number of carbonyl (C=O) groups is 1. The van der Waals surface area contributed by atoms with Gasteiger partial charge in [-0.05, 0) is 30.7 Å². The minimum Gasteiger partial charge on any atom is -0.497 e. The van der Waals surface area contributed by atoms with Gasteiger partial charge in [0, 0.05) is 29.0 Å². The van der Waals surface area contributed by atoms with Crippen molar-refractivity contribution in [2.24, 2.45) is 0 Å². The van der Waals surface area contributed by atoms with Crippen LogP contribution in [0, 0.1) is 0 Å². The number of hydrogen-bond donors (Lipinski definition) is 1. The minimum absolute atomic E-state index is 0.327. The van der Waals surface area contributed by atoms with Crippen LogP contribution in [0.4, 0.5) is 5.95 Å². The molecule has 1 N–H and O–H groups in total. The number of nitrogens with one attached hydrogen (secondary N) is 1. The lowest BCUT2D eigenvalue weighted by atomic mass is 10.2. The monoisotopic (exact) mass is 432 g/mol. The molecule has 0 atom stereocenters. The molecule has 1 heterocycles. The second-order valence-electron chi connectivity index (χ2n) is 5.99. The molecule has 1 amide bonds. The van der Waals surface area contributed by atoms with Gasteiger partial charge in [-0.15, -0.1) is 10.2 Å². The van der Waals surface area contributed by atoms with Gasteiger partial charge in [-0.3, -0.25) is 14.7 Å². The highest BCUT2D eigenvalue weighted by Crippen LogP contribution is 2.27. The average Bonchev–Trinajstić information content (AvgIpc) is 3.13. The van der Waals surface area contributed by atoms with E-state index in [0.717, 1.165) is 5.56 Å². The molecule has 0 aliphatic carbocycles. The van der Waals surface area contributed by atoms with E-state index in [4.69, 9.17) is 21.1 Å². The van der Waals surface area contributed by atoms with Crippen LogP contribution in [0.25, 0.3) is 0 Å². The number of methoxy groups -OCH3 is 2. The summed E-state index contributed by atoms with van der Waals surface area (Å²) in [4.78, 5) is 12.7. The molecule has 29 heavy (non-hydrogen) atoms. The highest BCUT2D eigenvalue weighted by Gasteiger charge is 2.17. The fraction of sp³-hybridized carbons (Fsp3) is 0.250. The molecule has 3 rings (SSSR count). The van der Waals surface area contributed by atoms with Gasteiger partial charge >= 0.3 is 0 Å². The number of hydrogen-bond acceptors (Lipinski definition) is 6. The zero-order valence-corrected chi connectivity index (χ0v) is 17.9. The van der Waals surface area contributed by atoms with Gasteiger partial charge in [-0.25, -0.2) is 0 Å². The number of aromatic nitrogens is 3. The van der Waals surface area contributed by atoms with E-state index < -0.39 is 0 Å². The summed E-state index contributed by atoms with van der Waals surface area (Å²) in [5.74, 6) is 1.76. The molecule has 0 saturated heterocycles. The van der Waals surface area contributed by atoms with Crippen molar-refractivity contribution >= 4 is 35.2 Å². The Balaban J connectivity index is 1.76. The van der Waals surface area contributed by atoms with E-state index in [1.807, 2.05) is 35.8 Å². The lowest BCUT2D eigenvalue weighted by Crippen LogP contribution is -2.16. The summed E-state index contributed by atoms with van der Waals surface area (Å²) in [6.45, 7) is 2.57. The Labute approximate surface area is 178 Å². The number of thioether (sulfide) groups is 1. The van der Waals surface area contributed by atoms with Gasteiger partial charge in [0.25, 0.3) is 5.91 Å². The van der Waals surface area contributed by atoms with Crippen molar-refractivity contribution in [3.8, 4) is 11.5 Å². The van der Waals surface area contributed by atoms with Gasteiger partial charge < -0.3 is 9.47 Å². The van der Waals surface area contributed by atoms with Crippen LogP contribution in [0.5, 0.6) is 11.5 Å². The molecular formula is C20H21ClN4O3S. The largest absolute Gasteiger partial charge is 0.497 e. The van der Waals surface area contributed by atoms with Crippen molar-refractivity contribution in [2.45, 2.75) is 24.4 Å². The quantitative estimate of drug-likeness (QED) is 0.527. The summed E-state index contributed by atoms with van der Waals surface area (Å²) in [6, 6.07) is 12.6. The fourth-order valence-electron chi connectivity index (χ4n) is 2.64. The summed E-state index contributed by atoms with van der Waals surface area (Å²) >= 11 is 7.73. The Bertz CT molecular complexity index is 987. The van der Waals surface area contributed by atoms with Crippen LogP contribution in [0.15, 0.2) is 47.6 Å². The van der Waals surface area contributed by atoms with E-state index in [-0.39, 0.29) is 5.91 Å². The Morgan fingerprint density at radius 1 is 1.14 bits per heavy atom. The van der Waals surface area contributed by atoms with Gasteiger partial charge in [0.15, 0.2) is 5.16 Å². The van der Waals surface area contributed by atoms with Crippen LogP contribution in [0.3, 0.4) is 0 Å². The van der Waals surface area contributed by atoms with Gasteiger partial charge in [-0.1, -0.05) is 41.6 Å². The topological polar surface area (TPSA) is 78.3 Å². The summed E-state index contributed by atoms with van der Waals surface area (Å²) in [5, 5.41) is 12.6. The number of ether oxygens (including phenoxy) is 2. The molecule has 0 saturated carbocycles. The predicted octanol–water partition coefficient (Wildman–Crippen LogP) is 4.51. The van der Waals surface area contributed by atoms with Gasteiger partial charge in [0.05, 0.1) is 14.2 Å². The first-order valence-electron chi connectivity index (χ1n) is 8.89. The molecule has 3 aromatic rings. The van der Waals surface area contributed by atoms with E-state index >= 15 is 0 Å². The van der Waals surface area contributed by atoms with Gasteiger partial charge in [0.2, 0.25) is 5.95 Å². The fourth-order valence-corrected chi connectivity index (χ4v) is 3.93. The normalized spacial score (nSPS) is 10.6. The average molecular weight is 433 g/mol. The van der Waals surface area contributed by atoms with Crippen LogP contribution < -0.4 is 14.8 Å². The zero-order valence-electron chi connectivity index (χ0n) is 16.3. The molecule has 0 bridgehead atoms. The Morgan fingerprint density at radius 2 is 1.83 bits per heavy atom. The molecule has 1 aromatic heterocycles. The third-order valence-corrected chi connectivity index (χ3v) is 5.57. The Kier molecular flexibility index (Phi) is 7.00. The lowest BCUT2D eigenvalue weighted by molar-refractivity contribution is 0.102. The highest BCUT2D eigenvalue weighted by molar-refractivity contribution is 7.98. The first-order valence-corrected chi connectivity index (χ1v) is 10.3. The smallest absolute Gasteiger partial charge is 0.258 e. The second-order valence-corrected chi connectivity index (χ2v) is 7.34. The molecule has 0 unspecified atom stereocenters. The summed E-state index contributed by atoms with van der Waals surface area (Å²) < 4.78 is 12.3. The molecule has 152 valence electrons. The van der Waals surface area contributed by atoms with Crippen LogP contribution in [0.2, 0.25) is 5.02 Å². The van der Waals surface area contributed by atoms with E-state index in [1.54, 1.807) is 18.2 Å². The van der Waals surface area contributed by atoms with Crippen molar-refractivity contribution in [3.63, 3.8) is 0 Å². The van der Waals surface area contributed by atoms with Crippen LogP contribution in [-0.4, -0.2) is 34.9 Å². The van der Waals surface area contributed by atoms with Crippen LogP contribution in [-0.2, 0) is 12.3 Å². The summed E-state index contributed by atoms with van der Waals surface area (Å²) in [7, 11) is 3.07. The maximum absolute atomic E-state index is 12.7. The summed E-state index contributed by atoms with van der Waals surface area (Å²) in [5.41, 5.74) is 1.41. The molecular weight excluding hydrogens is 412 g/mol. The van der Waals surface area contributed by atoms with Gasteiger partial charge in [-0.2, -0.15) is 0 Å². The van der Waals surface area contributed by atoms with Gasteiger partial charge in [0.1, 0.15) is 11.5 Å². The first-order chi connectivity index (χ1) is 14.0. The number of anilines is 1. The Hall–Kier alpha value is -2.71. The number of carbonyl (C=O) groups excluding carboxylic acids is 1. The maximum atomic E-state index is 12.7. The predicted molar refractivity (Wildman–Crippen MR) is 114 cm³/mol. The second kappa shape index (κ2) is 9.67. The number of halogens is 1. The summed E-state index contributed by atoms with van der Waals surface area (Å²) in [6.07, 6.45) is 0. The zero-order chi connectivity index (χ0) is 20.8. The number of nitrogens with zero attached hydrogens (tertiary/aromatic N) is 3. The molecule has 7 nitrogen and oxygen atoms in total. The molecule has 0 aliphatic rings. The molecule has 0 fully saturated rings. The lowest BCUT2D eigenvalue weighted by Gasteiger charge is -2.10. The van der Waals surface area contributed by atoms with Crippen LogP contribution >= 0.6 is 23.4 Å². The molecule has 0 radical (unpaired) electrons. The first kappa shape index (κ1) is 21.0. The maximum Gasteiger partial charge on any atom is 0.258 e. The number of amides is 1. The van der Waals surface area contributed by atoms with Crippen molar-refractivity contribution in [1.29, 1.82) is 0 Å². The van der Waals surface area contributed by atoms with E-state index in [9.17, 15) is 4.79 Å². The van der Waals surface area contributed by atoms with Crippen LogP contribution in [0.1, 0.15) is 22.8 Å². The van der Waals surface area contributed by atoms with Crippen molar-refractivity contribution < 1.29 is 14.3 Å². The highest BCUT2D eigenvalue weighted by atomic mass is 35.5. The third kappa shape index (κ3) is 5.02. The standard InChI is InChI=1S/C20H21ClN4O3S/c1-4-25-19(22-18(26)14-9-15(27-2)11-16(10-14)28-3)23-24-20(25)29-12-13-7-5-6-8-17(13)21/h5-11H,4,12H2,1-3H3,(H,22,23,26). The SMILES string of the molecule is CCn1c(NC(=O)c2cc(OC)cc(OC)c2)nnc1SCc1ccccc1Cl. The van der Waals surface area contributed by atoms with E-state index in [0.29, 0.717) is 45.5 Å². The van der Waals surface area contributed by atoms with Crippen molar-refractivity contribution in [2.75, 3.05) is 19.5 Å². The van der Waals surface area contributed by atoms with E-state index in [1.165, 1.54) is 26.0 Å². The molecule has 0 aliphatic heterocycles. The number of rotatable bonds is 8. The molecule has 9 heteroatoms. The van der Waals surface area contributed by atoms with Crippen molar-refractivity contribution in [1.82, 2.24) is 14.8 Å². The van der Waals surface area contributed by atoms with Crippen molar-refractivity contribution in [3.05, 3.63) is 58.6 Å². The third-order valence-electron chi connectivity index (χ3n) is 4.19. The Morgan fingerprint density at radius 3 is 2.45 bits per heavy atom. The number of benzene rings is 2. The van der Waals surface area contributed by atoms with E-state index in [2.05, 4.69) is 15.5 Å². The molecule has 0 spiro atoms.